The van der Waals surface area contributed by atoms with Gasteiger partial charge in [0.25, 0.3) is 0 Å². The molecule has 0 spiro atoms. The van der Waals surface area contributed by atoms with Crippen molar-refractivity contribution in [2.24, 2.45) is 5.41 Å². The molecular weight excluding hydrogens is 216 g/mol. The summed E-state index contributed by atoms with van der Waals surface area (Å²) in [5, 5.41) is 0. The van der Waals surface area contributed by atoms with Crippen molar-refractivity contribution in [1.82, 2.24) is 0 Å². The molecule has 0 aliphatic carbocycles. The van der Waals surface area contributed by atoms with Crippen LogP contribution in [0.3, 0.4) is 0 Å². The van der Waals surface area contributed by atoms with Crippen LogP contribution >= 0.6 is 0 Å². The Morgan fingerprint density at radius 3 is 2.00 bits per heavy atom. The van der Waals surface area contributed by atoms with Gasteiger partial charge in [0.1, 0.15) is 11.6 Å². The number of Topliss-reactive ketones (excluding diaryl/α,β-unsaturated/α-hetero) is 2. The quantitative estimate of drug-likeness (QED) is 0.583. The van der Waals surface area contributed by atoms with Gasteiger partial charge in [-0.1, -0.05) is 20.8 Å². The molecule has 0 rings (SSSR count). The lowest BCUT2D eigenvalue weighted by Crippen LogP contribution is -2.13. The van der Waals surface area contributed by atoms with Gasteiger partial charge >= 0.3 is 0 Å². The normalized spacial score (nSPS) is 11.5. The van der Waals surface area contributed by atoms with Crippen molar-refractivity contribution < 1.29 is 14.3 Å². The summed E-state index contributed by atoms with van der Waals surface area (Å²) in [5.41, 5.74) is 0.0828. The molecule has 3 heteroatoms. The van der Waals surface area contributed by atoms with Crippen LogP contribution < -0.4 is 0 Å². The summed E-state index contributed by atoms with van der Waals surface area (Å²) in [5.74, 6) is 0.513. The van der Waals surface area contributed by atoms with Crippen molar-refractivity contribution in [2.45, 2.75) is 59.8 Å². The second-order valence-electron chi connectivity index (χ2n) is 5.80. The van der Waals surface area contributed by atoms with E-state index in [-0.39, 0.29) is 11.2 Å². The smallest absolute Gasteiger partial charge is 0.133 e. The van der Waals surface area contributed by atoms with E-state index in [4.69, 9.17) is 4.74 Å². The highest BCUT2D eigenvalue weighted by atomic mass is 16.5. The first kappa shape index (κ1) is 16.3. The lowest BCUT2D eigenvalue weighted by atomic mass is 9.89. The van der Waals surface area contributed by atoms with E-state index in [0.29, 0.717) is 38.3 Å². The molecule has 3 nitrogen and oxygen atoms in total. The number of carbonyl (C=O) groups is 2. The Bertz CT molecular complexity index is 238. The molecule has 0 heterocycles. The number of ether oxygens (including phenoxy) is 1. The van der Waals surface area contributed by atoms with Crippen molar-refractivity contribution in [3.05, 3.63) is 0 Å². The zero-order valence-corrected chi connectivity index (χ0v) is 11.7. The van der Waals surface area contributed by atoms with Crippen LogP contribution in [0.15, 0.2) is 0 Å². The zero-order valence-electron chi connectivity index (χ0n) is 11.7. The predicted molar refractivity (Wildman–Crippen MR) is 69.0 cm³/mol. The van der Waals surface area contributed by atoms with Gasteiger partial charge in [0.05, 0.1) is 0 Å². The molecule has 0 saturated heterocycles. The first-order chi connectivity index (χ1) is 7.81. The Morgan fingerprint density at radius 1 is 1.00 bits per heavy atom. The van der Waals surface area contributed by atoms with E-state index >= 15 is 0 Å². The van der Waals surface area contributed by atoms with Gasteiger partial charge in [-0.2, -0.15) is 0 Å². The van der Waals surface area contributed by atoms with Gasteiger partial charge in [-0.3, -0.25) is 4.79 Å². The molecule has 0 atom stereocenters. The molecule has 0 aliphatic rings. The number of hydrogen-bond donors (Lipinski definition) is 0. The van der Waals surface area contributed by atoms with Gasteiger partial charge < -0.3 is 9.53 Å². The standard InChI is InChI=1S/C14H26O3/c1-12(15)7-5-9-17-10-6-8-13(16)11-14(2,3)4/h5-11H2,1-4H3. The fraction of sp³-hybridized carbons (Fsp3) is 0.857. The largest absolute Gasteiger partial charge is 0.381 e. The lowest BCUT2D eigenvalue weighted by Gasteiger charge is -2.16. The molecule has 17 heavy (non-hydrogen) atoms. The molecule has 0 fully saturated rings. The summed E-state index contributed by atoms with van der Waals surface area (Å²) in [6, 6.07) is 0. The van der Waals surface area contributed by atoms with E-state index in [2.05, 4.69) is 20.8 Å². The van der Waals surface area contributed by atoms with Crippen LogP contribution in [0.2, 0.25) is 0 Å². The minimum Gasteiger partial charge on any atom is -0.381 e. The number of rotatable bonds is 9. The second kappa shape index (κ2) is 8.40. The van der Waals surface area contributed by atoms with Crippen molar-refractivity contribution in [3.63, 3.8) is 0 Å². The summed E-state index contributed by atoms with van der Waals surface area (Å²) < 4.78 is 5.36. The van der Waals surface area contributed by atoms with Crippen molar-refractivity contribution in [1.29, 1.82) is 0 Å². The maximum atomic E-state index is 11.5. The molecule has 0 aliphatic heterocycles. The topological polar surface area (TPSA) is 43.4 Å². The maximum absolute atomic E-state index is 11.5. The fourth-order valence-corrected chi connectivity index (χ4v) is 1.58. The Balaban J connectivity index is 3.34. The maximum Gasteiger partial charge on any atom is 0.133 e. The summed E-state index contributed by atoms with van der Waals surface area (Å²) in [6.07, 6.45) is 3.39. The van der Waals surface area contributed by atoms with E-state index in [1.54, 1.807) is 6.92 Å². The van der Waals surface area contributed by atoms with E-state index < -0.39 is 0 Å². The third-order valence-corrected chi connectivity index (χ3v) is 2.29. The van der Waals surface area contributed by atoms with Crippen molar-refractivity contribution in [2.75, 3.05) is 13.2 Å². The second-order valence-corrected chi connectivity index (χ2v) is 5.80. The molecule has 100 valence electrons. The molecular formula is C14H26O3. The Labute approximate surface area is 105 Å². The molecule has 0 aromatic heterocycles. The molecule has 0 radical (unpaired) electrons. The monoisotopic (exact) mass is 242 g/mol. The highest BCUT2D eigenvalue weighted by molar-refractivity contribution is 5.78. The summed E-state index contributed by atoms with van der Waals surface area (Å²) in [7, 11) is 0. The van der Waals surface area contributed by atoms with E-state index in [1.807, 2.05) is 0 Å². The van der Waals surface area contributed by atoms with E-state index in [9.17, 15) is 9.59 Å². The molecule has 0 bridgehead atoms. The number of hydrogen-bond acceptors (Lipinski definition) is 3. The SMILES string of the molecule is CC(=O)CCCOCCCC(=O)CC(C)(C)C. The Hall–Kier alpha value is -0.700. The van der Waals surface area contributed by atoms with Gasteiger partial charge in [-0.15, -0.1) is 0 Å². The average molecular weight is 242 g/mol. The predicted octanol–water partition coefficient (Wildman–Crippen LogP) is 3.16. The zero-order chi connectivity index (χ0) is 13.3. The minimum absolute atomic E-state index is 0.0828. The number of carbonyl (C=O) groups excluding carboxylic acids is 2. The van der Waals surface area contributed by atoms with Gasteiger partial charge in [0.15, 0.2) is 0 Å². The third kappa shape index (κ3) is 13.2. The van der Waals surface area contributed by atoms with Crippen molar-refractivity contribution in [3.8, 4) is 0 Å². The molecule has 0 amide bonds. The highest BCUT2D eigenvalue weighted by Gasteiger charge is 2.15. The van der Waals surface area contributed by atoms with Crippen LogP contribution in [0, 0.1) is 5.41 Å². The van der Waals surface area contributed by atoms with Crippen LogP contribution in [0.5, 0.6) is 0 Å². The molecule has 0 saturated carbocycles. The van der Waals surface area contributed by atoms with Crippen molar-refractivity contribution >= 4 is 11.6 Å². The Morgan fingerprint density at radius 2 is 1.53 bits per heavy atom. The molecule has 0 aromatic carbocycles. The van der Waals surface area contributed by atoms with Crippen LogP contribution in [-0.4, -0.2) is 24.8 Å². The van der Waals surface area contributed by atoms with Crippen LogP contribution in [0.25, 0.3) is 0 Å². The highest BCUT2D eigenvalue weighted by Crippen LogP contribution is 2.19. The van der Waals surface area contributed by atoms with E-state index in [1.165, 1.54) is 0 Å². The number of ketones is 2. The first-order valence-corrected chi connectivity index (χ1v) is 6.40. The van der Waals surface area contributed by atoms with Crippen LogP contribution in [-0.2, 0) is 14.3 Å². The summed E-state index contributed by atoms with van der Waals surface area (Å²) in [4.78, 5) is 22.2. The first-order valence-electron chi connectivity index (χ1n) is 6.40. The minimum atomic E-state index is 0.0828. The molecule has 0 N–H and O–H groups in total. The molecule has 0 aromatic rings. The van der Waals surface area contributed by atoms with Gasteiger partial charge in [-0.25, -0.2) is 0 Å². The van der Waals surface area contributed by atoms with Crippen LogP contribution in [0.4, 0.5) is 0 Å². The summed E-state index contributed by atoms with van der Waals surface area (Å²) >= 11 is 0. The van der Waals surface area contributed by atoms with E-state index in [0.717, 1.165) is 12.8 Å². The van der Waals surface area contributed by atoms with Gasteiger partial charge in [-0.05, 0) is 25.2 Å². The van der Waals surface area contributed by atoms with Gasteiger partial charge in [0.2, 0.25) is 0 Å². The average Bonchev–Trinajstić information content (AvgIpc) is 2.12. The van der Waals surface area contributed by atoms with Crippen LogP contribution in [0.1, 0.15) is 59.8 Å². The fourth-order valence-electron chi connectivity index (χ4n) is 1.58. The Kier molecular flexibility index (Phi) is 8.05. The summed E-state index contributed by atoms with van der Waals surface area (Å²) in [6.45, 7) is 9.04. The molecule has 0 unspecified atom stereocenters. The van der Waals surface area contributed by atoms with Gasteiger partial charge in [0, 0.05) is 32.5 Å². The lowest BCUT2D eigenvalue weighted by molar-refractivity contribution is -0.121. The third-order valence-electron chi connectivity index (χ3n) is 2.29.